The summed E-state index contributed by atoms with van der Waals surface area (Å²) >= 11 is 5.65. The molecule has 1 aliphatic carbocycles. The van der Waals surface area contributed by atoms with Gasteiger partial charge in [0.25, 0.3) is 0 Å². The number of alkyl halides is 2. The molecule has 0 heterocycles. The molecule has 3 heteroatoms. The van der Waals surface area contributed by atoms with Crippen molar-refractivity contribution in [2.45, 2.75) is 31.5 Å². The molecule has 1 rings (SSSR count). The summed E-state index contributed by atoms with van der Waals surface area (Å²) in [6.45, 7) is 3.27. The maximum Gasteiger partial charge on any atom is 0.141 e. The fraction of sp³-hybridized carbons (Fsp3) is 0.556. The lowest BCUT2D eigenvalue weighted by atomic mass is 9.94. The van der Waals surface area contributed by atoms with Crippen LogP contribution in [0.2, 0.25) is 0 Å². The first-order chi connectivity index (χ1) is 5.54. The van der Waals surface area contributed by atoms with Crippen molar-refractivity contribution in [3.8, 4) is 0 Å². The summed E-state index contributed by atoms with van der Waals surface area (Å²) in [5.74, 6) is 0. The van der Waals surface area contributed by atoms with Gasteiger partial charge in [0.15, 0.2) is 0 Å². The van der Waals surface area contributed by atoms with E-state index < -0.39 is 17.7 Å². The maximum atomic E-state index is 13.2. The molecule has 68 valence electrons. The second kappa shape index (κ2) is 3.58. The highest BCUT2D eigenvalue weighted by Gasteiger charge is 2.24. The van der Waals surface area contributed by atoms with Crippen LogP contribution in [-0.2, 0) is 0 Å². The lowest BCUT2D eigenvalue weighted by molar-refractivity contribution is 0.230. The largest absolute Gasteiger partial charge is 0.389 e. The molecule has 1 nitrogen and oxygen atoms in total. The summed E-state index contributed by atoms with van der Waals surface area (Å²) < 4.78 is 13.2. The quantitative estimate of drug-likeness (QED) is 0.629. The van der Waals surface area contributed by atoms with E-state index in [9.17, 15) is 9.50 Å². The fourth-order valence-corrected chi connectivity index (χ4v) is 1.55. The normalized spacial score (nSPS) is 32.4. The van der Waals surface area contributed by atoms with Gasteiger partial charge in [-0.3, -0.25) is 0 Å². The second-order valence-corrected chi connectivity index (χ2v) is 3.52. The molecule has 1 aliphatic rings. The van der Waals surface area contributed by atoms with E-state index in [2.05, 4.69) is 0 Å². The molecular formula is C9H12ClFO. The van der Waals surface area contributed by atoms with Crippen LogP contribution in [0.5, 0.6) is 0 Å². The highest BCUT2D eigenvalue weighted by molar-refractivity contribution is 6.22. The van der Waals surface area contributed by atoms with Crippen molar-refractivity contribution in [1.82, 2.24) is 0 Å². The third-order valence-electron chi connectivity index (χ3n) is 2.06. The van der Waals surface area contributed by atoms with Crippen LogP contribution in [0.25, 0.3) is 0 Å². The van der Waals surface area contributed by atoms with Gasteiger partial charge in [-0.05, 0) is 25.0 Å². The van der Waals surface area contributed by atoms with Crippen molar-refractivity contribution < 1.29 is 9.50 Å². The third-order valence-corrected chi connectivity index (χ3v) is 2.43. The Morgan fingerprint density at radius 2 is 2.25 bits per heavy atom. The molecule has 0 saturated heterocycles. The Kier molecular flexibility index (Phi) is 2.91. The minimum atomic E-state index is -1.17. The lowest BCUT2D eigenvalue weighted by Gasteiger charge is -2.21. The van der Waals surface area contributed by atoms with Crippen LogP contribution < -0.4 is 0 Å². The Balaban J connectivity index is 2.94. The van der Waals surface area contributed by atoms with E-state index >= 15 is 0 Å². The fourth-order valence-electron chi connectivity index (χ4n) is 1.29. The minimum Gasteiger partial charge on any atom is -0.389 e. The van der Waals surface area contributed by atoms with Crippen LogP contribution in [0.4, 0.5) is 4.39 Å². The molecule has 0 aromatic heterocycles. The van der Waals surface area contributed by atoms with Crippen molar-refractivity contribution in [2.24, 2.45) is 0 Å². The van der Waals surface area contributed by atoms with Crippen LogP contribution >= 0.6 is 11.6 Å². The summed E-state index contributed by atoms with van der Waals surface area (Å²) in [7, 11) is 0. The highest BCUT2D eigenvalue weighted by Crippen LogP contribution is 2.27. The van der Waals surface area contributed by atoms with Gasteiger partial charge in [-0.25, -0.2) is 4.39 Å². The number of allylic oxidation sites excluding steroid dienone is 2. The molecule has 3 unspecified atom stereocenters. The van der Waals surface area contributed by atoms with E-state index in [1.807, 2.05) is 0 Å². The minimum absolute atomic E-state index is 0.535. The first-order valence-corrected chi connectivity index (χ1v) is 4.32. The summed E-state index contributed by atoms with van der Waals surface area (Å²) in [5.41, 5.74) is 1.17. The van der Waals surface area contributed by atoms with Gasteiger partial charge in [0, 0.05) is 0 Å². The van der Waals surface area contributed by atoms with Crippen molar-refractivity contribution >= 4 is 11.6 Å². The van der Waals surface area contributed by atoms with E-state index in [0.29, 0.717) is 11.1 Å². The zero-order valence-corrected chi connectivity index (χ0v) is 7.85. The molecule has 0 saturated carbocycles. The number of halogens is 2. The topological polar surface area (TPSA) is 20.2 Å². The summed E-state index contributed by atoms with van der Waals surface area (Å²) in [6.07, 6.45) is 1.47. The number of aliphatic hydroxyl groups excluding tert-OH is 1. The Hall–Kier alpha value is -0.340. The Labute approximate surface area is 76.5 Å². The maximum absolute atomic E-state index is 13.2. The molecule has 12 heavy (non-hydrogen) atoms. The second-order valence-electron chi connectivity index (χ2n) is 3.02. The summed E-state index contributed by atoms with van der Waals surface area (Å²) in [5, 5.41) is 8.64. The van der Waals surface area contributed by atoms with Crippen molar-refractivity contribution in [2.75, 3.05) is 0 Å². The number of aliphatic hydroxyl groups is 1. The summed E-state index contributed by atoms with van der Waals surface area (Å²) in [4.78, 5) is 0. The van der Waals surface area contributed by atoms with Crippen molar-refractivity contribution in [3.63, 3.8) is 0 Å². The highest BCUT2D eigenvalue weighted by atomic mass is 35.5. The van der Waals surface area contributed by atoms with Crippen LogP contribution in [0.1, 0.15) is 13.8 Å². The monoisotopic (exact) mass is 190 g/mol. The molecule has 3 atom stereocenters. The standard InChI is InChI=1S/C9H12ClFO/c1-5-7(6(2)12)3-4-8(10)9(5)11/h3-4,6,8-9,12H,1-2H3. The average molecular weight is 191 g/mol. The molecule has 0 bridgehead atoms. The van der Waals surface area contributed by atoms with E-state index in [0.717, 1.165) is 0 Å². The molecule has 0 spiro atoms. The van der Waals surface area contributed by atoms with Crippen LogP contribution in [-0.4, -0.2) is 22.8 Å². The van der Waals surface area contributed by atoms with Gasteiger partial charge in [-0.15, -0.1) is 11.6 Å². The van der Waals surface area contributed by atoms with E-state index in [4.69, 9.17) is 11.6 Å². The van der Waals surface area contributed by atoms with Gasteiger partial charge in [0.05, 0.1) is 11.5 Å². The Bertz CT molecular complexity index is 233. The smallest absolute Gasteiger partial charge is 0.141 e. The zero-order chi connectivity index (χ0) is 9.30. The summed E-state index contributed by atoms with van der Waals surface area (Å²) in [6, 6.07) is 0. The van der Waals surface area contributed by atoms with Gasteiger partial charge >= 0.3 is 0 Å². The average Bonchev–Trinajstić information content (AvgIpc) is 2.00. The van der Waals surface area contributed by atoms with Crippen molar-refractivity contribution in [1.29, 1.82) is 0 Å². The SMILES string of the molecule is CC1=C(C(C)O)C=CC(Cl)C1F. The number of rotatable bonds is 1. The molecule has 0 aromatic rings. The van der Waals surface area contributed by atoms with Crippen LogP contribution in [0, 0.1) is 0 Å². The van der Waals surface area contributed by atoms with Crippen LogP contribution in [0.3, 0.4) is 0 Å². The van der Waals surface area contributed by atoms with Gasteiger partial charge in [0.1, 0.15) is 6.17 Å². The van der Waals surface area contributed by atoms with Crippen LogP contribution in [0.15, 0.2) is 23.3 Å². The molecule has 0 aliphatic heterocycles. The van der Waals surface area contributed by atoms with E-state index in [-0.39, 0.29) is 0 Å². The van der Waals surface area contributed by atoms with E-state index in [1.54, 1.807) is 26.0 Å². The van der Waals surface area contributed by atoms with Gasteiger partial charge in [-0.2, -0.15) is 0 Å². The predicted molar refractivity (Wildman–Crippen MR) is 48.1 cm³/mol. The van der Waals surface area contributed by atoms with Crippen molar-refractivity contribution in [3.05, 3.63) is 23.3 Å². The first kappa shape index (κ1) is 9.75. The molecule has 0 amide bonds. The Morgan fingerprint density at radius 3 is 2.75 bits per heavy atom. The van der Waals surface area contributed by atoms with E-state index in [1.165, 1.54) is 0 Å². The lowest BCUT2D eigenvalue weighted by Crippen LogP contribution is -2.22. The molecule has 0 fully saturated rings. The third kappa shape index (κ3) is 1.70. The zero-order valence-electron chi connectivity index (χ0n) is 7.09. The molecule has 0 radical (unpaired) electrons. The Morgan fingerprint density at radius 1 is 1.67 bits per heavy atom. The molecule has 0 aromatic carbocycles. The predicted octanol–water partition coefficient (Wildman–Crippen LogP) is 2.20. The number of hydrogen-bond acceptors (Lipinski definition) is 1. The first-order valence-electron chi connectivity index (χ1n) is 3.89. The molecule has 1 N–H and O–H groups in total. The number of hydrogen-bond donors (Lipinski definition) is 1. The van der Waals surface area contributed by atoms with Gasteiger partial charge in [-0.1, -0.05) is 12.2 Å². The molecular weight excluding hydrogens is 179 g/mol. The van der Waals surface area contributed by atoms with Gasteiger partial charge in [0.2, 0.25) is 0 Å². The van der Waals surface area contributed by atoms with Gasteiger partial charge < -0.3 is 5.11 Å².